The van der Waals surface area contributed by atoms with E-state index in [0.29, 0.717) is 29.7 Å². The molecule has 1 fully saturated rings. The largest absolute Gasteiger partial charge is 0.334 e. The number of halogens is 1. The van der Waals surface area contributed by atoms with Crippen LogP contribution in [0, 0.1) is 12.3 Å². The number of benzene rings is 1. The summed E-state index contributed by atoms with van der Waals surface area (Å²) in [5, 5.41) is 21.1. The van der Waals surface area contributed by atoms with Crippen molar-refractivity contribution in [3.63, 3.8) is 0 Å². The van der Waals surface area contributed by atoms with Crippen molar-refractivity contribution in [3.05, 3.63) is 64.6 Å². The summed E-state index contributed by atoms with van der Waals surface area (Å²) in [6.45, 7) is 4.41. The van der Waals surface area contributed by atoms with Crippen LogP contribution in [0.1, 0.15) is 23.5 Å². The Bertz CT molecular complexity index is 1280. The third-order valence-corrected chi connectivity index (χ3v) is 5.74. The first kappa shape index (κ1) is 19.0. The second kappa shape index (κ2) is 7.66. The SMILES string of the molecule is Cc1nnc2ccc3c(cc(C(=N)CC=NC4CNC4)n3Cc3cccc(Cl)c3)n12. The third-order valence-electron chi connectivity index (χ3n) is 5.51. The Morgan fingerprint density at radius 3 is 2.87 bits per heavy atom. The minimum absolute atomic E-state index is 0.342. The van der Waals surface area contributed by atoms with Gasteiger partial charge in [-0.3, -0.25) is 9.39 Å². The molecule has 0 amide bonds. The van der Waals surface area contributed by atoms with Crippen LogP contribution in [-0.2, 0) is 6.54 Å². The Hall–Kier alpha value is -3.03. The fraction of sp³-hybridized carbons (Fsp3) is 0.273. The second-order valence-electron chi connectivity index (χ2n) is 7.62. The van der Waals surface area contributed by atoms with Crippen molar-refractivity contribution in [1.82, 2.24) is 24.5 Å². The zero-order valence-electron chi connectivity index (χ0n) is 16.6. The van der Waals surface area contributed by atoms with Crippen molar-refractivity contribution in [2.45, 2.75) is 25.9 Å². The lowest BCUT2D eigenvalue weighted by molar-refractivity contribution is 0.449. The summed E-state index contributed by atoms with van der Waals surface area (Å²) in [7, 11) is 0. The molecule has 0 bridgehead atoms. The summed E-state index contributed by atoms with van der Waals surface area (Å²) in [4.78, 5) is 4.55. The van der Waals surface area contributed by atoms with Gasteiger partial charge in [-0.25, -0.2) is 0 Å². The molecule has 0 unspecified atom stereocenters. The lowest BCUT2D eigenvalue weighted by Gasteiger charge is -2.22. The van der Waals surface area contributed by atoms with Crippen LogP contribution in [-0.4, -0.2) is 50.2 Å². The first-order valence-electron chi connectivity index (χ1n) is 9.99. The predicted molar refractivity (Wildman–Crippen MR) is 120 cm³/mol. The van der Waals surface area contributed by atoms with Crippen molar-refractivity contribution in [2.24, 2.45) is 4.99 Å². The summed E-state index contributed by atoms with van der Waals surface area (Å²) in [6, 6.07) is 14.3. The topological polar surface area (TPSA) is 83.4 Å². The molecule has 2 N–H and O–H groups in total. The number of pyridine rings is 1. The Balaban J connectivity index is 1.59. The smallest absolute Gasteiger partial charge is 0.161 e. The molecule has 30 heavy (non-hydrogen) atoms. The number of hydrogen-bond donors (Lipinski definition) is 2. The van der Waals surface area contributed by atoms with Crippen molar-refractivity contribution in [2.75, 3.05) is 13.1 Å². The number of rotatable bonds is 6. The molecule has 8 heteroatoms. The van der Waals surface area contributed by atoms with Crippen molar-refractivity contribution < 1.29 is 0 Å². The predicted octanol–water partition coefficient (Wildman–Crippen LogP) is 3.49. The second-order valence-corrected chi connectivity index (χ2v) is 8.05. The zero-order chi connectivity index (χ0) is 20.7. The molecule has 0 spiro atoms. The normalized spacial score (nSPS) is 14.7. The van der Waals surface area contributed by atoms with Crippen LogP contribution in [0.3, 0.4) is 0 Å². The molecule has 4 heterocycles. The Kier molecular flexibility index (Phi) is 4.84. The maximum Gasteiger partial charge on any atom is 0.161 e. The van der Waals surface area contributed by atoms with Crippen LogP contribution < -0.4 is 5.32 Å². The summed E-state index contributed by atoms with van der Waals surface area (Å²) < 4.78 is 4.20. The van der Waals surface area contributed by atoms with Crippen LogP contribution in [0.2, 0.25) is 5.02 Å². The maximum absolute atomic E-state index is 8.76. The molecule has 5 rings (SSSR count). The average Bonchev–Trinajstić information content (AvgIpc) is 3.24. The summed E-state index contributed by atoms with van der Waals surface area (Å²) in [5.74, 6) is 0.827. The molecule has 0 aliphatic carbocycles. The molecule has 1 aromatic carbocycles. The van der Waals surface area contributed by atoms with Gasteiger partial charge < -0.3 is 15.3 Å². The molecular formula is C22H22ClN7. The molecule has 1 aliphatic rings. The molecule has 4 aromatic rings. The van der Waals surface area contributed by atoms with E-state index >= 15 is 0 Å². The standard InChI is InChI=1S/C22H22ClN7/c1-14-27-28-22-6-5-19-21(30(14)22)10-20(18(24)7-8-26-17-11-25-12-17)29(19)13-15-3-2-4-16(23)9-15/h2-6,8-10,17,24-25H,7,11-13H2,1H3. The van der Waals surface area contributed by atoms with E-state index in [4.69, 9.17) is 17.0 Å². The van der Waals surface area contributed by atoms with Crippen molar-refractivity contribution in [1.29, 1.82) is 5.41 Å². The number of aromatic nitrogens is 4. The highest BCUT2D eigenvalue weighted by Crippen LogP contribution is 2.25. The Morgan fingerprint density at radius 1 is 1.23 bits per heavy atom. The number of aryl methyl sites for hydroxylation is 1. The zero-order valence-corrected chi connectivity index (χ0v) is 17.4. The Labute approximate surface area is 178 Å². The van der Waals surface area contributed by atoms with Gasteiger partial charge >= 0.3 is 0 Å². The van der Waals surface area contributed by atoms with Gasteiger partial charge in [0.05, 0.1) is 28.5 Å². The van der Waals surface area contributed by atoms with Crippen molar-refractivity contribution in [3.8, 4) is 0 Å². The summed E-state index contributed by atoms with van der Waals surface area (Å²) >= 11 is 6.21. The molecule has 0 saturated carbocycles. The maximum atomic E-state index is 8.76. The molecule has 3 aromatic heterocycles. The minimum Gasteiger partial charge on any atom is -0.334 e. The van der Waals surface area contributed by atoms with Gasteiger partial charge in [-0.1, -0.05) is 23.7 Å². The lowest BCUT2D eigenvalue weighted by Crippen LogP contribution is -2.45. The highest BCUT2D eigenvalue weighted by atomic mass is 35.5. The number of aliphatic imine (C=N–C) groups is 1. The van der Waals surface area contributed by atoms with Crippen LogP contribution in [0.25, 0.3) is 16.7 Å². The van der Waals surface area contributed by atoms with E-state index in [1.807, 2.05) is 47.9 Å². The average molecular weight is 420 g/mol. The van der Waals surface area contributed by atoms with E-state index in [2.05, 4.69) is 37.2 Å². The van der Waals surface area contributed by atoms with Crippen LogP contribution in [0.5, 0.6) is 0 Å². The van der Waals surface area contributed by atoms with Gasteiger partial charge in [-0.05, 0) is 42.8 Å². The number of nitrogens with zero attached hydrogens (tertiary/aromatic N) is 5. The van der Waals surface area contributed by atoms with E-state index < -0.39 is 0 Å². The molecular weight excluding hydrogens is 398 g/mol. The first-order valence-corrected chi connectivity index (χ1v) is 10.4. The number of hydrogen-bond acceptors (Lipinski definition) is 5. The van der Waals surface area contributed by atoms with E-state index in [1.54, 1.807) is 0 Å². The Morgan fingerprint density at radius 2 is 2.10 bits per heavy atom. The molecule has 152 valence electrons. The fourth-order valence-electron chi connectivity index (χ4n) is 3.86. The van der Waals surface area contributed by atoms with Gasteiger partial charge in [0.25, 0.3) is 0 Å². The number of nitrogens with one attached hydrogen (secondary N) is 2. The highest BCUT2D eigenvalue weighted by Gasteiger charge is 2.18. The minimum atomic E-state index is 0.342. The van der Waals surface area contributed by atoms with Gasteiger partial charge in [-0.15, -0.1) is 10.2 Å². The summed E-state index contributed by atoms with van der Waals surface area (Å²) in [6.07, 6.45) is 2.36. The van der Waals surface area contributed by atoms with Crippen LogP contribution in [0.15, 0.2) is 47.5 Å². The van der Waals surface area contributed by atoms with Gasteiger partial charge in [0, 0.05) is 37.3 Å². The highest BCUT2D eigenvalue weighted by molar-refractivity contribution is 6.30. The van der Waals surface area contributed by atoms with Crippen molar-refractivity contribution >= 4 is 40.2 Å². The van der Waals surface area contributed by atoms with Gasteiger partial charge in [-0.2, -0.15) is 0 Å². The van der Waals surface area contributed by atoms with Crippen LogP contribution in [0.4, 0.5) is 0 Å². The van der Waals surface area contributed by atoms with Crippen LogP contribution >= 0.6 is 11.6 Å². The molecule has 1 saturated heterocycles. The molecule has 0 radical (unpaired) electrons. The molecule has 1 aliphatic heterocycles. The fourth-order valence-corrected chi connectivity index (χ4v) is 4.07. The van der Waals surface area contributed by atoms with Gasteiger partial charge in [0.15, 0.2) is 5.65 Å². The van der Waals surface area contributed by atoms with E-state index in [1.165, 1.54) is 0 Å². The van der Waals surface area contributed by atoms with E-state index in [0.717, 1.165) is 46.9 Å². The third kappa shape index (κ3) is 3.40. The first-order chi connectivity index (χ1) is 14.6. The summed E-state index contributed by atoms with van der Waals surface area (Å²) in [5.41, 5.74) is 5.31. The van der Waals surface area contributed by atoms with E-state index in [-0.39, 0.29) is 0 Å². The van der Waals surface area contributed by atoms with Gasteiger partial charge in [0.1, 0.15) is 5.82 Å². The quantitative estimate of drug-likeness (QED) is 0.469. The van der Waals surface area contributed by atoms with E-state index in [9.17, 15) is 0 Å². The lowest BCUT2D eigenvalue weighted by atomic mass is 10.1. The molecule has 7 nitrogen and oxygen atoms in total. The van der Waals surface area contributed by atoms with Gasteiger partial charge in [0.2, 0.25) is 0 Å². The monoisotopic (exact) mass is 419 g/mol. The number of fused-ring (bicyclic) bond motifs is 3. The molecule has 0 atom stereocenters.